The molecule has 1 aromatic heterocycles. The fourth-order valence-corrected chi connectivity index (χ4v) is 3.44. The zero-order valence-electron chi connectivity index (χ0n) is 10.6. The van der Waals surface area contributed by atoms with Crippen molar-refractivity contribution < 1.29 is 0 Å². The van der Waals surface area contributed by atoms with Crippen LogP contribution in [0.25, 0.3) is 10.8 Å². The van der Waals surface area contributed by atoms with Gasteiger partial charge in [0.25, 0.3) is 0 Å². The molecule has 3 heteroatoms. The molecule has 0 aliphatic rings. The fourth-order valence-electron chi connectivity index (χ4n) is 2.23. The number of thiophene rings is 1. The van der Waals surface area contributed by atoms with Gasteiger partial charge in [0.1, 0.15) is 0 Å². The maximum Gasteiger partial charge on any atom is 0.0578 e. The van der Waals surface area contributed by atoms with Crippen molar-refractivity contribution >= 4 is 43.7 Å². The van der Waals surface area contributed by atoms with Gasteiger partial charge in [-0.3, -0.25) is 0 Å². The molecule has 19 heavy (non-hydrogen) atoms. The molecule has 0 spiro atoms. The minimum absolute atomic E-state index is 0.324. The van der Waals surface area contributed by atoms with Crippen LogP contribution in [-0.2, 0) is 0 Å². The van der Waals surface area contributed by atoms with Crippen molar-refractivity contribution in [1.29, 1.82) is 0 Å². The van der Waals surface area contributed by atoms with E-state index in [0.29, 0.717) is 6.04 Å². The Morgan fingerprint density at radius 2 is 1.79 bits per heavy atom. The fraction of sp³-hybridized carbons (Fsp3) is 0.125. The molecule has 0 saturated carbocycles. The predicted octanol–water partition coefficient (Wildman–Crippen LogP) is 5.84. The van der Waals surface area contributed by atoms with E-state index in [9.17, 15) is 0 Å². The summed E-state index contributed by atoms with van der Waals surface area (Å²) in [6, 6.07) is 17.3. The van der Waals surface area contributed by atoms with Gasteiger partial charge in [0.15, 0.2) is 0 Å². The largest absolute Gasteiger partial charge is 0.377 e. The SMILES string of the molecule is CC(Nc1ccc(Br)c2ccccc12)c1cccs1. The maximum absolute atomic E-state index is 3.61. The number of hydrogen-bond donors (Lipinski definition) is 1. The molecule has 1 nitrogen and oxygen atoms in total. The van der Waals surface area contributed by atoms with Gasteiger partial charge in [-0.05, 0) is 35.9 Å². The van der Waals surface area contributed by atoms with Crippen LogP contribution in [0.4, 0.5) is 5.69 Å². The van der Waals surface area contributed by atoms with E-state index >= 15 is 0 Å². The van der Waals surface area contributed by atoms with E-state index in [1.807, 2.05) is 0 Å². The molecule has 1 atom stereocenters. The van der Waals surface area contributed by atoms with Crippen molar-refractivity contribution in [2.45, 2.75) is 13.0 Å². The smallest absolute Gasteiger partial charge is 0.0578 e. The van der Waals surface area contributed by atoms with Gasteiger partial charge in [-0.1, -0.05) is 46.3 Å². The first kappa shape index (κ1) is 12.7. The first-order valence-corrected chi connectivity index (χ1v) is 7.90. The lowest BCUT2D eigenvalue weighted by molar-refractivity contribution is 0.910. The molecule has 3 rings (SSSR count). The molecule has 0 amide bonds. The summed E-state index contributed by atoms with van der Waals surface area (Å²) >= 11 is 5.40. The third kappa shape index (κ3) is 2.53. The molecule has 96 valence electrons. The van der Waals surface area contributed by atoms with Gasteiger partial charge in [-0.25, -0.2) is 0 Å². The molecule has 1 N–H and O–H groups in total. The monoisotopic (exact) mass is 331 g/mol. The van der Waals surface area contributed by atoms with Gasteiger partial charge < -0.3 is 5.32 Å². The van der Waals surface area contributed by atoms with E-state index < -0.39 is 0 Å². The minimum Gasteiger partial charge on any atom is -0.377 e. The van der Waals surface area contributed by atoms with Crippen molar-refractivity contribution in [3.63, 3.8) is 0 Å². The number of hydrogen-bond acceptors (Lipinski definition) is 2. The topological polar surface area (TPSA) is 12.0 Å². The third-order valence-electron chi connectivity index (χ3n) is 3.21. The Hall–Kier alpha value is -1.32. The first-order chi connectivity index (χ1) is 9.25. The van der Waals surface area contributed by atoms with Crippen LogP contribution in [-0.4, -0.2) is 0 Å². The number of anilines is 1. The summed E-state index contributed by atoms with van der Waals surface area (Å²) in [7, 11) is 0. The predicted molar refractivity (Wildman–Crippen MR) is 88.0 cm³/mol. The molecular weight excluding hydrogens is 318 g/mol. The number of nitrogens with one attached hydrogen (secondary N) is 1. The van der Waals surface area contributed by atoms with E-state index in [2.05, 4.69) is 82.1 Å². The quantitative estimate of drug-likeness (QED) is 0.635. The maximum atomic E-state index is 3.61. The second-order valence-electron chi connectivity index (χ2n) is 4.52. The normalized spacial score (nSPS) is 12.5. The molecule has 0 aliphatic heterocycles. The van der Waals surface area contributed by atoms with Crippen LogP contribution < -0.4 is 5.32 Å². The van der Waals surface area contributed by atoms with E-state index in [-0.39, 0.29) is 0 Å². The molecule has 3 aromatic rings. The van der Waals surface area contributed by atoms with Gasteiger partial charge in [0, 0.05) is 20.4 Å². The molecule has 0 bridgehead atoms. The highest BCUT2D eigenvalue weighted by Crippen LogP contribution is 2.32. The van der Waals surface area contributed by atoms with Crippen LogP contribution in [0.15, 0.2) is 58.4 Å². The summed E-state index contributed by atoms with van der Waals surface area (Å²) in [4.78, 5) is 1.35. The van der Waals surface area contributed by atoms with Crippen LogP contribution in [0, 0.1) is 0 Å². The highest BCUT2D eigenvalue weighted by molar-refractivity contribution is 9.10. The molecule has 0 saturated heterocycles. The molecular formula is C16H14BrNS. The van der Waals surface area contributed by atoms with Crippen molar-refractivity contribution in [2.75, 3.05) is 5.32 Å². The number of halogens is 1. The van der Waals surface area contributed by atoms with Crippen molar-refractivity contribution in [1.82, 2.24) is 0 Å². The summed E-state index contributed by atoms with van der Waals surface area (Å²) < 4.78 is 1.14. The molecule has 0 aliphatic carbocycles. The van der Waals surface area contributed by atoms with Crippen LogP contribution in [0.3, 0.4) is 0 Å². The van der Waals surface area contributed by atoms with Gasteiger partial charge >= 0.3 is 0 Å². The van der Waals surface area contributed by atoms with Gasteiger partial charge in [-0.2, -0.15) is 0 Å². The summed E-state index contributed by atoms with van der Waals surface area (Å²) in [5, 5.41) is 8.21. The minimum atomic E-state index is 0.324. The summed E-state index contributed by atoms with van der Waals surface area (Å²) in [5.74, 6) is 0. The lowest BCUT2D eigenvalue weighted by Crippen LogP contribution is -2.05. The molecule has 1 unspecified atom stereocenters. The summed E-state index contributed by atoms with van der Waals surface area (Å²) in [6.07, 6.45) is 0. The number of rotatable bonds is 3. The second-order valence-corrected chi connectivity index (χ2v) is 6.36. The van der Waals surface area contributed by atoms with Crippen LogP contribution >= 0.6 is 27.3 Å². The first-order valence-electron chi connectivity index (χ1n) is 6.23. The molecule has 0 fully saturated rings. The second kappa shape index (κ2) is 5.35. The Labute approximate surface area is 125 Å². The lowest BCUT2D eigenvalue weighted by Gasteiger charge is -2.16. The van der Waals surface area contributed by atoms with Crippen LogP contribution in [0.2, 0.25) is 0 Å². The number of fused-ring (bicyclic) bond motifs is 1. The van der Waals surface area contributed by atoms with E-state index in [0.717, 1.165) is 4.47 Å². The summed E-state index contributed by atoms with van der Waals surface area (Å²) in [6.45, 7) is 2.20. The van der Waals surface area contributed by atoms with E-state index in [1.54, 1.807) is 11.3 Å². The molecule has 1 heterocycles. The standard InChI is InChI=1S/C16H14BrNS/c1-11(16-7-4-10-19-16)18-15-9-8-14(17)12-5-2-3-6-13(12)15/h2-11,18H,1H3. The number of benzene rings is 2. The Morgan fingerprint density at radius 1 is 1.00 bits per heavy atom. The molecule has 0 radical (unpaired) electrons. The van der Waals surface area contributed by atoms with E-state index in [4.69, 9.17) is 0 Å². The molecule has 2 aromatic carbocycles. The van der Waals surface area contributed by atoms with Gasteiger partial charge in [0.2, 0.25) is 0 Å². The van der Waals surface area contributed by atoms with Crippen molar-refractivity contribution in [2.24, 2.45) is 0 Å². The van der Waals surface area contributed by atoms with Gasteiger partial charge in [-0.15, -0.1) is 11.3 Å². The van der Waals surface area contributed by atoms with Crippen molar-refractivity contribution in [3.8, 4) is 0 Å². The highest BCUT2D eigenvalue weighted by atomic mass is 79.9. The van der Waals surface area contributed by atoms with Crippen LogP contribution in [0.1, 0.15) is 17.8 Å². The van der Waals surface area contributed by atoms with Crippen LogP contribution in [0.5, 0.6) is 0 Å². The van der Waals surface area contributed by atoms with Gasteiger partial charge in [0.05, 0.1) is 6.04 Å². The Balaban J connectivity index is 2.00. The Morgan fingerprint density at radius 3 is 2.53 bits per heavy atom. The van der Waals surface area contributed by atoms with Crippen molar-refractivity contribution in [3.05, 3.63) is 63.3 Å². The average molecular weight is 332 g/mol. The Kier molecular flexibility index (Phi) is 3.58. The Bertz CT molecular complexity index is 691. The average Bonchev–Trinajstić information content (AvgIpc) is 2.96. The summed E-state index contributed by atoms with van der Waals surface area (Å²) in [5.41, 5.74) is 1.18. The van der Waals surface area contributed by atoms with E-state index in [1.165, 1.54) is 21.3 Å². The zero-order valence-corrected chi connectivity index (χ0v) is 13.0. The zero-order chi connectivity index (χ0) is 13.2. The highest BCUT2D eigenvalue weighted by Gasteiger charge is 2.09. The lowest BCUT2D eigenvalue weighted by atomic mass is 10.1. The third-order valence-corrected chi connectivity index (χ3v) is 4.96.